The lowest BCUT2D eigenvalue weighted by molar-refractivity contribution is -0.873. The van der Waals surface area contributed by atoms with Gasteiger partial charge in [-0.25, -0.2) is 4.79 Å². The van der Waals surface area contributed by atoms with Gasteiger partial charge in [0.1, 0.15) is 6.54 Å². The summed E-state index contributed by atoms with van der Waals surface area (Å²) < 4.78 is 5.75. The highest BCUT2D eigenvalue weighted by atomic mass is 16.5. The predicted octanol–water partition coefficient (Wildman–Crippen LogP) is 0.0582. The zero-order chi connectivity index (χ0) is 14.5. The molecule has 0 N–H and O–H groups in total. The fraction of sp³-hybridized carbons (Fsp3) is 0.429. The van der Waals surface area contributed by atoms with E-state index in [1.165, 1.54) is 0 Å². The fourth-order valence-electron chi connectivity index (χ4n) is 1.73. The molecule has 1 rings (SSSR count). The van der Waals surface area contributed by atoms with E-state index in [0.29, 0.717) is 16.6 Å². The fourth-order valence-corrected chi connectivity index (χ4v) is 1.73. The number of rotatable bonds is 6. The molecule has 104 valence electrons. The van der Waals surface area contributed by atoms with Crippen molar-refractivity contribution in [2.24, 2.45) is 0 Å². The largest absolute Gasteiger partial charge is 0.550 e. The van der Waals surface area contributed by atoms with Crippen LogP contribution in [0.5, 0.6) is 0 Å². The van der Waals surface area contributed by atoms with E-state index < -0.39 is 18.0 Å². The Morgan fingerprint density at radius 1 is 1.21 bits per heavy atom. The summed E-state index contributed by atoms with van der Waals surface area (Å²) in [5.74, 6) is -1.74. The minimum atomic E-state index is -1.22. The van der Waals surface area contributed by atoms with Crippen molar-refractivity contribution in [3.05, 3.63) is 35.9 Å². The van der Waals surface area contributed by atoms with E-state index in [4.69, 9.17) is 4.74 Å². The Balaban J connectivity index is 2.72. The molecule has 0 aliphatic heterocycles. The van der Waals surface area contributed by atoms with Crippen molar-refractivity contribution in [2.45, 2.75) is 12.5 Å². The second-order valence-corrected chi connectivity index (χ2v) is 5.44. The Morgan fingerprint density at radius 2 is 1.79 bits per heavy atom. The number of ether oxygens (including phenoxy) is 1. The number of carbonyl (C=O) groups excluding carboxylic acids is 2. The number of likely N-dealkylation sites (N-methyl/N-ethyl adjacent to an activating group) is 1. The maximum Gasteiger partial charge on any atom is 0.338 e. The molecule has 1 atom stereocenters. The van der Waals surface area contributed by atoms with Crippen molar-refractivity contribution in [3.8, 4) is 0 Å². The summed E-state index contributed by atoms with van der Waals surface area (Å²) in [7, 11) is 5.70. The third-order valence-electron chi connectivity index (χ3n) is 2.43. The summed E-state index contributed by atoms with van der Waals surface area (Å²) in [6, 6.07) is 8.50. The van der Waals surface area contributed by atoms with Gasteiger partial charge in [-0.3, -0.25) is 0 Å². The van der Waals surface area contributed by atoms with Gasteiger partial charge in [-0.15, -0.1) is 0 Å². The number of hydrogen-bond donors (Lipinski definition) is 0. The monoisotopic (exact) mass is 265 g/mol. The third-order valence-corrected chi connectivity index (χ3v) is 2.43. The van der Waals surface area contributed by atoms with Crippen LogP contribution in [0.2, 0.25) is 0 Å². The highest BCUT2D eigenvalue weighted by Crippen LogP contribution is 2.09. The maximum atomic E-state index is 11.9. The SMILES string of the molecule is C[N+](C)(C)C[C@@H](CC(=O)[O-])OC(=O)c1ccccc1. The lowest BCUT2D eigenvalue weighted by atomic mass is 10.2. The first-order chi connectivity index (χ1) is 8.78. The zero-order valence-electron chi connectivity index (χ0n) is 11.5. The van der Waals surface area contributed by atoms with Gasteiger partial charge in [0, 0.05) is 12.4 Å². The highest BCUT2D eigenvalue weighted by molar-refractivity contribution is 5.89. The van der Waals surface area contributed by atoms with Gasteiger partial charge in [-0.05, 0) is 12.1 Å². The highest BCUT2D eigenvalue weighted by Gasteiger charge is 2.22. The summed E-state index contributed by atoms with van der Waals surface area (Å²) >= 11 is 0. The number of esters is 1. The molecule has 0 radical (unpaired) electrons. The van der Waals surface area contributed by atoms with E-state index in [9.17, 15) is 14.7 Å². The summed E-state index contributed by atoms with van der Waals surface area (Å²) in [5, 5.41) is 10.7. The van der Waals surface area contributed by atoms with Gasteiger partial charge in [0.25, 0.3) is 0 Å². The van der Waals surface area contributed by atoms with Crippen LogP contribution in [0.25, 0.3) is 0 Å². The molecule has 19 heavy (non-hydrogen) atoms. The van der Waals surface area contributed by atoms with Crippen LogP contribution in [0.3, 0.4) is 0 Å². The van der Waals surface area contributed by atoms with E-state index in [1.807, 2.05) is 21.1 Å². The molecule has 0 unspecified atom stereocenters. The smallest absolute Gasteiger partial charge is 0.338 e. The Kier molecular flexibility index (Phi) is 5.06. The van der Waals surface area contributed by atoms with Crippen molar-refractivity contribution >= 4 is 11.9 Å². The Morgan fingerprint density at radius 3 is 2.26 bits per heavy atom. The number of carboxylic acids is 1. The molecule has 0 saturated carbocycles. The summed E-state index contributed by atoms with van der Waals surface area (Å²) in [6.45, 7) is 0.409. The molecule has 0 heterocycles. The first-order valence-electron chi connectivity index (χ1n) is 6.04. The second kappa shape index (κ2) is 6.33. The van der Waals surface area contributed by atoms with E-state index in [0.717, 1.165) is 0 Å². The van der Waals surface area contributed by atoms with Gasteiger partial charge in [0.2, 0.25) is 0 Å². The van der Waals surface area contributed by atoms with Crippen LogP contribution in [-0.4, -0.2) is 50.2 Å². The van der Waals surface area contributed by atoms with Crippen molar-refractivity contribution < 1.29 is 23.9 Å². The average molecular weight is 265 g/mol. The van der Waals surface area contributed by atoms with Crippen LogP contribution in [0.4, 0.5) is 0 Å². The quantitative estimate of drug-likeness (QED) is 0.539. The van der Waals surface area contributed by atoms with Gasteiger partial charge in [-0.2, -0.15) is 0 Å². The molecular weight excluding hydrogens is 246 g/mol. The second-order valence-electron chi connectivity index (χ2n) is 5.44. The van der Waals surface area contributed by atoms with Crippen molar-refractivity contribution in [3.63, 3.8) is 0 Å². The number of benzene rings is 1. The molecule has 1 aromatic carbocycles. The Labute approximate surface area is 113 Å². The number of quaternary nitrogens is 1. The van der Waals surface area contributed by atoms with Crippen LogP contribution in [0, 0.1) is 0 Å². The number of aliphatic carboxylic acids is 1. The van der Waals surface area contributed by atoms with E-state index >= 15 is 0 Å². The van der Waals surface area contributed by atoms with Gasteiger partial charge >= 0.3 is 5.97 Å². The van der Waals surface area contributed by atoms with Gasteiger partial charge in [-0.1, -0.05) is 18.2 Å². The molecule has 5 nitrogen and oxygen atoms in total. The zero-order valence-corrected chi connectivity index (χ0v) is 11.5. The minimum absolute atomic E-state index is 0.298. The predicted molar refractivity (Wildman–Crippen MR) is 68.2 cm³/mol. The van der Waals surface area contributed by atoms with Gasteiger partial charge in [0.15, 0.2) is 6.10 Å². The van der Waals surface area contributed by atoms with E-state index in [2.05, 4.69) is 0 Å². The van der Waals surface area contributed by atoms with Crippen molar-refractivity contribution in [1.29, 1.82) is 0 Å². The van der Waals surface area contributed by atoms with Crippen LogP contribution < -0.4 is 5.11 Å². The van der Waals surface area contributed by atoms with Gasteiger partial charge < -0.3 is 19.1 Å². The maximum absolute atomic E-state index is 11.9. The Hall–Kier alpha value is -1.88. The molecule has 0 aliphatic carbocycles. The molecule has 0 spiro atoms. The molecule has 0 bridgehead atoms. The number of hydrogen-bond acceptors (Lipinski definition) is 4. The number of carbonyl (C=O) groups is 2. The number of nitrogens with zero attached hydrogens (tertiary/aromatic N) is 1. The van der Waals surface area contributed by atoms with Crippen molar-refractivity contribution in [2.75, 3.05) is 27.7 Å². The average Bonchev–Trinajstić information content (AvgIpc) is 2.26. The molecule has 0 aliphatic rings. The molecule has 5 heteroatoms. The van der Waals surface area contributed by atoms with E-state index in [1.54, 1.807) is 30.3 Å². The van der Waals surface area contributed by atoms with Crippen LogP contribution in [0.15, 0.2) is 30.3 Å². The summed E-state index contributed by atoms with van der Waals surface area (Å²) in [5.41, 5.74) is 0.409. The van der Waals surface area contributed by atoms with Crippen LogP contribution >= 0.6 is 0 Å². The minimum Gasteiger partial charge on any atom is -0.550 e. The lowest BCUT2D eigenvalue weighted by Crippen LogP contribution is -2.45. The summed E-state index contributed by atoms with van der Waals surface area (Å²) in [4.78, 5) is 22.6. The number of carboxylic acid groups (broad SMARTS) is 1. The molecule has 1 aromatic rings. The molecular formula is C14H19NO4. The van der Waals surface area contributed by atoms with Gasteiger partial charge in [0.05, 0.1) is 26.7 Å². The molecule has 0 saturated heterocycles. The Bertz CT molecular complexity index is 437. The molecule has 0 fully saturated rings. The first-order valence-corrected chi connectivity index (χ1v) is 6.04. The standard InChI is InChI=1S/C14H19NO4/c1-15(2,3)10-12(9-13(16)17)19-14(18)11-7-5-4-6-8-11/h4-8,12H,9-10H2,1-3H3/t12-/m1/s1. The molecule has 0 amide bonds. The molecule has 0 aromatic heterocycles. The summed E-state index contributed by atoms with van der Waals surface area (Å²) in [6.07, 6.45) is -0.994. The normalized spacial score (nSPS) is 12.8. The lowest BCUT2D eigenvalue weighted by Gasteiger charge is -2.29. The topological polar surface area (TPSA) is 66.4 Å². The first kappa shape index (κ1) is 15.2. The van der Waals surface area contributed by atoms with Crippen LogP contribution in [-0.2, 0) is 9.53 Å². The van der Waals surface area contributed by atoms with Crippen molar-refractivity contribution in [1.82, 2.24) is 0 Å². The third kappa shape index (κ3) is 6.01. The van der Waals surface area contributed by atoms with E-state index in [-0.39, 0.29) is 6.42 Å². The van der Waals surface area contributed by atoms with Crippen LogP contribution in [0.1, 0.15) is 16.8 Å².